The topological polar surface area (TPSA) is 49.4 Å². The molecular weight excluding hydrogens is 539 g/mol. The summed E-state index contributed by atoms with van der Waals surface area (Å²) in [5.74, 6) is -0.396. The van der Waals surface area contributed by atoms with Gasteiger partial charge in [-0.25, -0.2) is 0 Å². The molecule has 4 aromatic carbocycles. The Kier molecular flexibility index (Phi) is 9.83. The van der Waals surface area contributed by atoms with Gasteiger partial charge in [0.25, 0.3) is 0 Å². The Morgan fingerprint density at radius 1 is 0.632 bits per heavy atom. The van der Waals surface area contributed by atoms with Crippen LogP contribution in [-0.2, 0) is 35.5 Å². The van der Waals surface area contributed by atoms with Crippen LogP contribution in [-0.4, -0.2) is 22.8 Å². The van der Waals surface area contributed by atoms with Gasteiger partial charge in [-0.1, -0.05) is 102 Å². The van der Waals surface area contributed by atoms with Crippen molar-refractivity contribution >= 4 is 46.6 Å². The van der Waals surface area contributed by atoms with Crippen molar-refractivity contribution < 1.29 is 9.59 Å². The molecule has 4 rings (SSSR count). The maximum atomic E-state index is 13.8. The van der Waals surface area contributed by atoms with E-state index < -0.39 is 6.04 Å². The van der Waals surface area contributed by atoms with E-state index in [1.54, 1.807) is 41.3 Å². The highest BCUT2D eigenvalue weighted by molar-refractivity contribution is 6.31. The number of halogens is 3. The van der Waals surface area contributed by atoms with Gasteiger partial charge in [0.15, 0.2) is 0 Å². The molecule has 4 aromatic rings. The number of benzene rings is 4. The first-order chi connectivity index (χ1) is 18.4. The standard InChI is InChI=1S/C31H27Cl3N2O2/c32-26-12-6-23(7-13-26)19-30(37)36(21-25-10-16-28(34)17-11-25)29(18-22-4-2-1-3-5-22)31(38)35-20-24-8-14-27(33)15-9-24/h1-17,29H,18-21H2,(H,35,38)/t29-/m1/s1. The number of nitrogens with one attached hydrogen (secondary N) is 1. The van der Waals surface area contributed by atoms with Crippen molar-refractivity contribution in [1.29, 1.82) is 0 Å². The summed E-state index contributed by atoms with van der Waals surface area (Å²) in [6, 6.07) is 30.8. The Balaban J connectivity index is 1.63. The number of amides is 2. The second-order valence-corrected chi connectivity index (χ2v) is 10.3. The van der Waals surface area contributed by atoms with Crippen LogP contribution in [0.3, 0.4) is 0 Å². The van der Waals surface area contributed by atoms with Crippen LogP contribution in [0.15, 0.2) is 103 Å². The minimum absolute atomic E-state index is 0.139. The summed E-state index contributed by atoms with van der Waals surface area (Å²) in [7, 11) is 0. The summed E-state index contributed by atoms with van der Waals surface area (Å²) < 4.78 is 0. The van der Waals surface area contributed by atoms with E-state index in [0.29, 0.717) is 28.0 Å². The molecule has 7 heteroatoms. The zero-order valence-electron chi connectivity index (χ0n) is 20.6. The maximum absolute atomic E-state index is 13.8. The zero-order chi connectivity index (χ0) is 26.9. The Labute approximate surface area is 238 Å². The first-order valence-corrected chi connectivity index (χ1v) is 13.4. The van der Waals surface area contributed by atoms with Gasteiger partial charge in [-0.05, 0) is 58.7 Å². The molecule has 0 unspecified atom stereocenters. The summed E-state index contributed by atoms with van der Waals surface area (Å²) >= 11 is 18.1. The predicted octanol–water partition coefficient (Wildman–Crippen LogP) is 7.15. The molecule has 0 saturated heterocycles. The van der Waals surface area contributed by atoms with Crippen molar-refractivity contribution in [2.75, 3.05) is 0 Å². The number of carbonyl (C=O) groups excluding carboxylic acids is 2. The minimum atomic E-state index is -0.736. The average Bonchev–Trinajstić information content (AvgIpc) is 2.93. The lowest BCUT2D eigenvalue weighted by atomic mass is 10.0. The third kappa shape index (κ3) is 8.09. The summed E-state index contributed by atoms with van der Waals surface area (Å²) in [4.78, 5) is 29.1. The van der Waals surface area contributed by atoms with Gasteiger partial charge in [-0.15, -0.1) is 0 Å². The van der Waals surface area contributed by atoms with Crippen molar-refractivity contribution in [2.24, 2.45) is 0 Å². The molecule has 0 radical (unpaired) electrons. The van der Waals surface area contributed by atoms with Gasteiger partial charge in [0.2, 0.25) is 11.8 Å². The van der Waals surface area contributed by atoms with Crippen LogP contribution in [0.1, 0.15) is 22.3 Å². The van der Waals surface area contributed by atoms with Gasteiger partial charge in [-0.3, -0.25) is 9.59 Å². The highest BCUT2D eigenvalue weighted by atomic mass is 35.5. The van der Waals surface area contributed by atoms with E-state index in [2.05, 4.69) is 5.32 Å². The highest BCUT2D eigenvalue weighted by Crippen LogP contribution is 2.19. The summed E-state index contributed by atoms with van der Waals surface area (Å²) in [5.41, 5.74) is 3.57. The molecule has 0 heterocycles. The molecular formula is C31H27Cl3N2O2. The molecule has 0 aliphatic rings. The second-order valence-electron chi connectivity index (χ2n) is 9.00. The molecule has 0 spiro atoms. The van der Waals surface area contributed by atoms with Crippen LogP contribution in [0, 0.1) is 0 Å². The molecule has 0 aliphatic carbocycles. The summed E-state index contributed by atoms with van der Waals surface area (Å²) in [6.45, 7) is 0.580. The molecule has 194 valence electrons. The normalized spacial score (nSPS) is 11.6. The largest absolute Gasteiger partial charge is 0.350 e. The number of hydrogen-bond donors (Lipinski definition) is 1. The van der Waals surface area contributed by atoms with E-state index in [4.69, 9.17) is 34.8 Å². The van der Waals surface area contributed by atoms with Crippen LogP contribution >= 0.6 is 34.8 Å². The average molecular weight is 566 g/mol. The molecule has 0 fully saturated rings. The fourth-order valence-electron chi connectivity index (χ4n) is 4.13. The van der Waals surface area contributed by atoms with E-state index in [9.17, 15) is 9.59 Å². The number of carbonyl (C=O) groups is 2. The van der Waals surface area contributed by atoms with Crippen LogP contribution < -0.4 is 5.32 Å². The van der Waals surface area contributed by atoms with Gasteiger partial charge >= 0.3 is 0 Å². The molecule has 1 N–H and O–H groups in total. The van der Waals surface area contributed by atoms with Crippen LogP contribution in [0.25, 0.3) is 0 Å². The van der Waals surface area contributed by atoms with E-state index in [1.165, 1.54) is 0 Å². The quantitative estimate of drug-likeness (QED) is 0.222. The first kappa shape index (κ1) is 27.7. The predicted molar refractivity (Wildman–Crippen MR) is 154 cm³/mol. The maximum Gasteiger partial charge on any atom is 0.243 e. The fourth-order valence-corrected chi connectivity index (χ4v) is 4.51. The van der Waals surface area contributed by atoms with Gasteiger partial charge in [0.1, 0.15) is 6.04 Å². The first-order valence-electron chi connectivity index (χ1n) is 12.2. The van der Waals surface area contributed by atoms with Crippen molar-refractivity contribution in [2.45, 2.75) is 32.0 Å². The summed E-state index contributed by atoms with van der Waals surface area (Å²) in [6.07, 6.45) is 0.508. The Morgan fingerprint density at radius 3 is 1.68 bits per heavy atom. The Morgan fingerprint density at radius 2 is 1.13 bits per heavy atom. The third-order valence-corrected chi connectivity index (χ3v) is 6.94. The Hall–Kier alpha value is -3.31. The van der Waals surface area contributed by atoms with Gasteiger partial charge in [-0.2, -0.15) is 0 Å². The lowest BCUT2D eigenvalue weighted by molar-refractivity contribution is -0.140. The second kappa shape index (κ2) is 13.5. The van der Waals surface area contributed by atoms with E-state index in [-0.39, 0.29) is 24.8 Å². The molecule has 0 saturated carbocycles. The number of rotatable bonds is 10. The molecule has 0 aromatic heterocycles. The SMILES string of the molecule is O=C(NCc1ccc(Cl)cc1)[C@@H](Cc1ccccc1)N(Cc1ccc(Cl)cc1)C(=O)Cc1ccc(Cl)cc1. The number of hydrogen-bond acceptors (Lipinski definition) is 2. The molecule has 1 atom stereocenters. The fraction of sp³-hybridized carbons (Fsp3) is 0.161. The highest BCUT2D eigenvalue weighted by Gasteiger charge is 2.30. The third-order valence-electron chi connectivity index (χ3n) is 6.19. The van der Waals surface area contributed by atoms with Crippen molar-refractivity contribution in [3.8, 4) is 0 Å². The van der Waals surface area contributed by atoms with Crippen molar-refractivity contribution in [1.82, 2.24) is 10.2 Å². The van der Waals surface area contributed by atoms with Crippen LogP contribution in [0.4, 0.5) is 0 Å². The zero-order valence-corrected chi connectivity index (χ0v) is 22.9. The molecule has 38 heavy (non-hydrogen) atoms. The smallest absolute Gasteiger partial charge is 0.243 e. The van der Waals surface area contributed by atoms with E-state index in [1.807, 2.05) is 66.7 Å². The molecule has 0 aliphatic heterocycles. The molecule has 4 nitrogen and oxygen atoms in total. The monoisotopic (exact) mass is 564 g/mol. The van der Waals surface area contributed by atoms with E-state index in [0.717, 1.165) is 22.3 Å². The summed E-state index contributed by atoms with van der Waals surface area (Å²) in [5, 5.41) is 4.86. The molecule has 2 amide bonds. The van der Waals surface area contributed by atoms with Crippen LogP contribution in [0.5, 0.6) is 0 Å². The Bertz CT molecular complexity index is 1340. The number of nitrogens with zero attached hydrogens (tertiary/aromatic N) is 1. The molecule has 0 bridgehead atoms. The van der Waals surface area contributed by atoms with E-state index >= 15 is 0 Å². The van der Waals surface area contributed by atoms with Gasteiger partial charge in [0, 0.05) is 34.6 Å². The lowest BCUT2D eigenvalue weighted by Crippen LogP contribution is -2.50. The van der Waals surface area contributed by atoms with Crippen molar-refractivity contribution in [3.63, 3.8) is 0 Å². The van der Waals surface area contributed by atoms with Crippen molar-refractivity contribution in [3.05, 3.63) is 140 Å². The van der Waals surface area contributed by atoms with Gasteiger partial charge < -0.3 is 10.2 Å². The lowest BCUT2D eigenvalue weighted by Gasteiger charge is -2.32. The van der Waals surface area contributed by atoms with Crippen LogP contribution in [0.2, 0.25) is 15.1 Å². The van der Waals surface area contributed by atoms with Gasteiger partial charge in [0.05, 0.1) is 6.42 Å². The minimum Gasteiger partial charge on any atom is -0.350 e.